The van der Waals surface area contributed by atoms with Crippen molar-refractivity contribution in [3.8, 4) is 11.5 Å². The number of carbonyl (C=O) groups is 1. The first-order valence-corrected chi connectivity index (χ1v) is 9.84. The molecule has 2 atom stereocenters. The maximum atomic E-state index is 13.2. The normalized spacial score (nSPS) is 23.0. The number of anilines is 1. The number of amides is 1. The summed E-state index contributed by atoms with van der Waals surface area (Å²) in [6.45, 7) is 0. The van der Waals surface area contributed by atoms with Crippen LogP contribution in [-0.2, 0) is 4.79 Å². The Morgan fingerprint density at radius 1 is 0.815 bits per heavy atom. The lowest BCUT2D eigenvalue weighted by Gasteiger charge is -2.52. The zero-order valence-electron chi connectivity index (χ0n) is 16.1. The summed E-state index contributed by atoms with van der Waals surface area (Å²) >= 11 is 0. The van der Waals surface area contributed by atoms with Crippen LogP contribution in [0.15, 0.2) is 48.5 Å². The van der Waals surface area contributed by atoms with Gasteiger partial charge < -0.3 is 14.4 Å². The fourth-order valence-corrected chi connectivity index (χ4v) is 4.66. The van der Waals surface area contributed by atoms with Crippen molar-refractivity contribution in [2.75, 3.05) is 19.1 Å². The van der Waals surface area contributed by atoms with E-state index in [0.717, 1.165) is 22.7 Å². The number of hydrogen-bond acceptors (Lipinski definition) is 3. The van der Waals surface area contributed by atoms with Crippen LogP contribution in [0.4, 0.5) is 5.69 Å². The highest BCUT2D eigenvalue weighted by Gasteiger charge is 2.52. The van der Waals surface area contributed by atoms with Crippen LogP contribution >= 0.6 is 0 Å². The Balaban J connectivity index is 1.65. The molecule has 1 saturated heterocycles. The van der Waals surface area contributed by atoms with Crippen LogP contribution in [0.25, 0.3) is 0 Å². The molecular formula is C23H27NO3. The van der Waals surface area contributed by atoms with Gasteiger partial charge in [0, 0.05) is 5.69 Å². The average molecular weight is 365 g/mol. The lowest BCUT2D eigenvalue weighted by atomic mass is 9.70. The van der Waals surface area contributed by atoms with Gasteiger partial charge in [-0.2, -0.15) is 0 Å². The van der Waals surface area contributed by atoms with Crippen molar-refractivity contribution in [1.29, 1.82) is 0 Å². The van der Waals surface area contributed by atoms with Crippen molar-refractivity contribution in [3.63, 3.8) is 0 Å². The molecule has 1 aliphatic heterocycles. The first-order chi connectivity index (χ1) is 13.2. The molecular weight excluding hydrogens is 338 g/mol. The highest BCUT2D eigenvalue weighted by atomic mass is 16.5. The second kappa shape index (κ2) is 7.63. The van der Waals surface area contributed by atoms with E-state index in [2.05, 4.69) is 0 Å². The van der Waals surface area contributed by atoms with Crippen LogP contribution in [0.2, 0.25) is 0 Å². The molecule has 0 bridgehead atoms. The van der Waals surface area contributed by atoms with E-state index in [9.17, 15) is 4.79 Å². The number of carbonyl (C=O) groups excluding carboxylic acids is 1. The van der Waals surface area contributed by atoms with Crippen molar-refractivity contribution >= 4 is 11.6 Å². The van der Waals surface area contributed by atoms with Crippen molar-refractivity contribution < 1.29 is 14.3 Å². The summed E-state index contributed by atoms with van der Waals surface area (Å²) < 4.78 is 10.5. The molecule has 27 heavy (non-hydrogen) atoms. The minimum atomic E-state index is -0.0545. The molecule has 142 valence electrons. The quantitative estimate of drug-likeness (QED) is 0.716. The van der Waals surface area contributed by atoms with E-state index < -0.39 is 0 Å². The van der Waals surface area contributed by atoms with Crippen molar-refractivity contribution in [2.45, 2.75) is 44.1 Å². The van der Waals surface area contributed by atoms with E-state index in [1.807, 2.05) is 53.4 Å². The maximum absolute atomic E-state index is 13.2. The summed E-state index contributed by atoms with van der Waals surface area (Å²) in [6.07, 6.45) is 6.25. The van der Waals surface area contributed by atoms with E-state index in [0.29, 0.717) is 5.92 Å². The van der Waals surface area contributed by atoms with Crippen molar-refractivity contribution in [1.82, 2.24) is 0 Å². The van der Waals surface area contributed by atoms with Gasteiger partial charge in [-0.05, 0) is 60.7 Å². The molecule has 2 aromatic carbocycles. The lowest BCUT2D eigenvalue weighted by Crippen LogP contribution is -2.63. The number of methoxy groups -OCH3 is 2. The van der Waals surface area contributed by atoms with Gasteiger partial charge in [0.1, 0.15) is 11.5 Å². The predicted octanol–water partition coefficient (Wildman–Crippen LogP) is 4.78. The number of hydrogen-bond donors (Lipinski definition) is 0. The van der Waals surface area contributed by atoms with Crippen LogP contribution in [0.3, 0.4) is 0 Å². The second-order valence-corrected chi connectivity index (χ2v) is 7.55. The highest BCUT2D eigenvalue weighted by molar-refractivity contribution is 6.06. The molecule has 0 spiro atoms. The summed E-state index contributed by atoms with van der Waals surface area (Å²) in [6, 6.07) is 16.1. The number of ether oxygens (including phenoxy) is 2. The molecule has 1 heterocycles. The Morgan fingerprint density at radius 3 is 1.93 bits per heavy atom. The predicted molar refractivity (Wildman–Crippen MR) is 107 cm³/mol. The Morgan fingerprint density at radius 2 is 1.37 bits per heavy atom. The first kappa shape index (κ1) is 17.9. The van der Waals surface area contributed by atoms with E-state index in [1.165, 1.54) is 32.1 Å². The van der Waals surface area contributed by atoms with E-state index in [4.69, 9.17) is 9.47 Å². The van der Waals surface area contributed by atoms with Crippen LogP contribution in [0, 0.1) is 5.92 Å². The van der Waals surface area contributed by atoms with Crippen LogP contribution in [0.5, 0.6) is 11.5 Å². The molecule has 0 aromatic heterocycles. The molecule has 0 radical (unpaired) electrons. The van der Waals surface area contributed by atoms with Gasteiger partial charge in [0.05, 0.1) is 26.2 Å². The zero-order chi connectivity index (χ0) is 18.8. The van der Waals surface area contributed by atoms with E-state index in [-0.39, 0.29) is 17.9 Å². The van der Waals surface area contributed by atoms with E-state index in [1.54, 1.807) is 14.2 Å². The molecule has 4 heteroatoms. The molecule has 2 aliphatic rings. The number of β-lactam (4-membered cyclic amide) rings is 1. The summed E-state index contributed by atoms with van der Waals surface area (Å²) in [7, 11) is 3.33. The molecule has 2 aromatic rings. The zero-order valence-corrected chi connectivity index (χ0v) is 16.1. The van der Waals surface area contributed by atoms with Crippen LogP contribution in [-0.4, -0.2) is 26.2 Å². The average Bonchev–Trinajstić information content (AvgIpc) is 2.73. The third-order valence-electron chi connectivity index (χ3n) is 6.10. The summed E-state index contributed by atoms with van der Waals surface area (Å²) in [5, 5.41) is 0. The molecule has 4 rings (SSSR count). The molecule has 1 aliphatic carbocycles. The Kier molecular flexibility index (Phi) is 5.06. The third-order valence-corrected chi connectivity index (χ3v) is 6.10. The second-order valence-electron chi connectivity index (χ2n) is 7.55. The molecule has 0 unspecified atom stereocenters. The van der Waals surface area contributed by atoms with Gasteiger partial charge in [-0.25, -0.2) is 0 Å². The third kappa shape index (κ3) is 3.29. The minimum absolute atomic E-state index is 0.0545. The molecule has 1 saturated carbocycles. The monoisotopic (exact) mass is 365 g/mol. The van der Waals surface area contributed by atoms with Gasteiger partial charge in [-0.15, -0.1) is 0 Å². The standard InChI is InChI=1S/C23H27NO3/c1-26-19-12-8-16(9-13-19)21-22(17-6-4-3-5-7-17)24(23(21)25)18-10-14-20(27-2)15-11-18/h8-15,17,21-22H,3-7H2,1-2H3/t21-,22+/m1/s1. The topological polar surface area (TPSA) is 38.8 Å². The fourth-order valence-electron chi connectivity index (χ4n) is 4.66. The summed E-state index contributed by atoms with van der Waals surface area (Å²) in [5.74, 6) is 2.34. The lowest BCUT2D eigenvalue weighted by molar-refractivity contribution is -0.127. The van der Waals surface area contributed by atoms with Gasteiger partial charge in [0.15, 0.2) is 0 Å². The van der Waals surface area contributed by atoms with Crippen LogP contribution in [0.1, 0.15) is 43.6 Å². The Labute approximate surface area is 161 Å². The first-order valence-electron chi connectivity index (χ1n) is 9.84. The van der Waals surface area contributed by atoms with Gasteiger partial charge in [-0.3, -0.25) is 4.79 Å². The number of rotatable bonds is 5. The molecule has 4 nitrogen and oxygen atoms in total. The van der Waals surface area contributed by atoms with Crippen LogP contribution < -0.4 is 14.4 Å². The summed E-state index contributed by atoms with van der Waals surface area (Å²) in [4.78, 5) is 15.2. The van der Waals surface area contributed by atoms with E-state index >= 15 is 0 Å². The SMILES string of the molecule is COc1ccc([C@H]2C(=O)N(c3ccc(OC)cc3)[C@H]2C2CCCCC2)cc1. The molecule has 1 amide bonds. The van der Waals surface area contributed by atoms with Gasteiger partial charge >= 0.3 is 0 Å². The largest absolute Gasteiger partial charge is 0.497 e. The summed E-state index contributed by atoms with van der Waals surface area (Å²) in [5.41, 5.74) is 2.07. The molecule has 0 N–H and O–H groups in total. The maximum Gasteiger partial charge on any atom is 0.236 e. The Bertz CT molecular complexity index is 721. The van der Waals surface area contributed by atoms with Gasteiger partial charge in [-0.1, -0.05) is 31.4 Å². The number of nitrogens with zero attached hydrogens (tertiary/aromatic N) is 1. The molecule has 2 fully saturated rings. The minimum Gasteiger partial charge on any atom is -0.497 e. The van der Waals surface area contributed by atoms with Crippen molar-refractivity contribution in [3.05, 3.63) is 54.1 Å². The van der Waals surface area contributed by atoms with Gasteiger partial charge in [0.2, 0.25) is 5.91 Å². The smallest absolute Gasteiger partial charge is 0.236 e. The van der Waals surface area contributed by atoms with Gasteiger partial charge in [0.25, 0.3) is 0 Å². The van der Waals surface area contributed by atoms with Crippen molar-refractivity contribution in [2.24, 2.45) is 5.92 Å². The highest BCUT2D eigenvalue weighted by Crippen LogP contribution is 2.47. The fraction of sp³-hybridized carbons (Fsp3) is 0.435. The number of benzene rings is 2. The Hall–Kier alpha value is -2.49.